The second-order valence-corrected chi connectivity index (χ2v) is 8.86. The fraction of sp³-hybridized carbons (Fsp3) is 0.120. The minimum absolute atomic E-state index is 0.107. The maximum absolute atomic E-state index is 13.2. The Morgan fingerprint density at radius 2 is 1.82 bits per heavy atom. The van der Waals surface area contributed by atoms with Crippen LogP contribution in [-0.4, -0.2) is 32.7 Å². The SMILES string of the molecule is C=CCN(C(=O)CSc1nc2ccccc2c(=O)n1CC=C)c1nc(-c2ccccc2)cs1. The maximum Gasteiger partial charge on any atom is 0.262 e. The number of carbonyl (C=O) groups is 1. The molecule has 0 N–H and O–H groups in total. The molecule has 0 atom stereocenters. The number of benzene rings is 2. The van der Waals surface area contributed by atoms with Gasteiger partial charge in [-0.15, -0.1) is 24.5 Å². The average molecular weight is 475 g/mol. The van der Waals surface area contributed by atoms with Crippen molar-refractivity contribution in [2.24, 2.45) is 0 Å². The van der Waals surface area contributed by atoms with Crippen molar-refractivity contribution in [2.45, 2.75) is 11.7 Å². The van der Waals surface area contributed by atoms with Crippen molar-refractivity contribution in [3.8, 4) is 11.3 Å². The third-order valence-electron chi connectivity index (χ3n) is 4.87. The Bertz CT molecular complexity index is 1360. The van der Waals surface area contributed by atoms with Gasteiger partial charge in [-0.2, -0.15) is 0 Å². The van der Waals surface area contributed by atoms with Gasteiger partial charge in [-0.3, -0.25) is 19.1 Å². The van der Waals surface area contributed by atoms with E-state index in [0.29, 0.717) is 34.3 Å². The molecule has 6 nitrogen and oxygen atoms in total. The highest BCUT2D eigenvalue weighted by molar-refractivity contribution is 7.99. The molecule has 0 unspecified atom stereocenters. The van der Waals surface area contributed by atoms with Gasteiger partial charge < -0.3 is 0 Å². The molecule has 33 heavy (non-hydrogen) atoms. The first kappa shape index (κ1) is 22.7. The van der Waals surface area contributed by atoms with Crippen LogP contribution in [0.1, 0.15) is 0 Å². The lowest BCUT2D eigenvalue weighted by atomic mass is 10.2. The maximum atomic E-state index is 13.2. The van der Waals surface area contributed by atoms with E-state index in [1.807, 2.05) is 47.8 Å². The fourth-order valence-corrected chi connectivity index (χ4v) is 5.04. The summed E-state index contributed by atoms with van der Waals surface area (Å²) in [5, 5.41) is 3.57. The van der Waals surface area contributed by atoms with E-state index >= 15 is 0 Å². The zero-order valence-corrected chi connectivity index (χ0v) is 19.5. The second kappa shape index (κ2) is 10.4. The molecule has 0 bridgehead atoms. The van der Waals surface area contributed by atoms with Crippen molar-refractivity contribution in [2.75, 3.05) is 17.2 Å². The number of aromatic nitrogens is 3. The summed E-state index contributed by atoms with van der Waals surface area (Å²) in [5.41, 5.74) is 2.27. The number of amides is 1. The normalized spacial score (nSPS) is 10.8. The van der Waals surface area contributed by atoms with Gasteiger partial charge >= 0.3 is 0 Å². The Morgan fingerprint density at radius 1 is 1.06 bits per heavy atom. The van der Waals surface area contributed by atoms with Crippen LogP contribution in [0.5, 0.6) is 0 Å². The van der Waals surface area contributed by atoms with Crippen molar-refractivity contribution >= 4 is 45.0 Å². The van der Waals surface area contributed by atoms with E-state index in [1.165, 1.54) is 23.1 Å². The summed E-state index contributed by atoms with van der Waals surface area (Å²) >= 11 is 2.64. The van der Waals surface area contributed by atoms with Crippen molar-refractivity contribution in [3.05, 3.63) is 95.6 Å². The summed E-state index contributed by atoms with van der Waals surface area (Å²) in [7, 11) is 0. The van der Waals surface area contributed by atoms with E-state index in [4.69, 9.17) is 0 Å². The number of rotatable bonds is 9. The standard InChI is InChI=1S/C25H22N4O2S2/c1-3-14-28(24-27-21(16-32-24)18-10-6-5-7-11-18)22(30)17-33-25-26-20-13-9-8-12-19(20)23(31)29(25)15-4-2/h3-13,16H,1-2,14-15,17H2. The van der Waals surface area contributed by atoms with Crippen LogP contribution in [0.25, 0.3) is 22.2 Å². The van der Waals surface area contributed by atoms with Crippen LogP contribution in [0, 0.1) is 0 Å². The second-order valence-electron chi connectivity index (χ2n) is 7.08. The molecule has 0 spiro atoms. The number of fused-ring (bicyclic) bond motifs is 1. The monoisotopic (exact) mass is 474 g/mol. The smallest absolute Gasteiger partial charge is 0.262 e. The predicted molar refractivity (Wildman–Crippen MR) is 137 cm³/mol. The molecule has 0 fully saturated rings. The lowest BCUT2D eigenvalue weighted by Crippen LogP contribution is -2.33. The Kier molecular flexibility index (Phi) is 7.16. The quantitative estimate of drug-likeness (QED) is 0.194. The number of thiazole rings is 1. The van der Waals surface area contributed by atoms with Crippen LogP contribution in [-0.2, 0) is 11.3 Å². The molecule has 0 aliphatic carbocycles. The van der Waals surface area contributed by atoms with E-state index in [2.05, 4.69) is 23.1 Å². The number of hydrogen-bond acceptors (Lipinski definition) is 6. The fourth-order valence-electron chi connectivity index (χ4n) is 3.30. The number of nitrogens with zero attached hydrogens (tertiary/aromatic N) is 4. The molecule has 2 heterocycles. The topological polar surface area (TPSA) is 68.1 Å². The molecule has 0 aliphatic heterocycles. The summed E-state index contributed by atoms with van der Waals surface area (Å²) in [6, 6.07) is 17.0. The van der Waals surface area contributed by atoms with Crippen molar-refractivity contribution in [3.63, 3.8) is 0 Å². The van der Waals surface area contributed by atoms with Crippen molar-refractivity contribution < 1.29 is 4.79 Å². The van der Waals surface area contributed by atoms with Gasteiger partial charge in [0.2, 0.25) is 5.91 Å². The molecule has 0 saturated carbocycles. The molecule has 1 amide bonds. The number of carbonyl (C=O) groups excluding carboxylic acids is 1. The summed E-state index contributed by atoms with van der Waals surface area (Å²) in [6.07, 6.45) is 3.32. The molecule has 2 aromatic carbocycles. The Balaban J connectivity index is 1.58. The molecule has 166 valence electrons. The number of anilines is 1. The van der Waals surface area contributed by atoms with Gasteiger partial charge in [0.25, 0.3) is 5.56 Å². The Labute approximate surface area is 199 Å². The first-order valence-electron chi connectivity index (χ1n) is 10.3. The van der Waals surface area contributed by atoms with Crippen LogP contribution >= 0.6 is 23.1 Å². The third kappa shape index (κ3) is 4.97. The highest BCUT2D eigenvalue weighted by Crippen LogP contribution is 2.28. The van der Waals surface area contributed by atoms with Crippen molar-refractivity contribution in [1.29, 1.82) is 0 Å². The van der Waals surface area contributed by atoms with Gasteiger partial charge in [0.05, 0.1) is 22.3 Å². The molecule has 0 radical (unpaired) electrons. The minimum Gasteiger partial charge on any atom is -0.284 e. The number of allylic oxidation sites excluding steroid dienone is 1. The van der Waals surface area contributed by atoms with Gasteiger partial charge in [-0.1, -0.05) is 66.4 Å². The first-order chi connectivity index (χ1) is 16.1. The van der Waals surface area contributed by atoms with Gasteiger partial charge in [0.15, 0.2) is 10.3 Å². The number of hydrogen-bond donors (Lipinski definition) is 0. The first-order valence-corrected chi connectivity index (χ1v) is 12.1. The van der Waals surface area contributed by atoms with Crippen LogP contribution in [0.15, 0.2) is 95.2 Å². The lowest BCUT2D eigenvalue weighted by molar-refractivity contribution is -0.116. The molecule has 4 aromatic rings. The van der Waals surface area contributed by atoms with Crippen LogP contribution in [0.2, 0.25) is 0 Å². The molecule has 8 heteroatoms. The molecular formula is C25H22N4O2S2. The van der Waals surface area contributed by atoms with Gasteiger partial charge in [0.1, 0.15) is 0 Å². The summed E-state index contributed by atoms with van der Waals surface area (Å²) < 4.78 is 1.54. The largest absolute Gasteiger partial charge is 0.284 e. The van der Waals surface area contributed by atoms with Gasteiger partial charge in [0, 0.05) is 24.0 Å². The molecule has 0 saturated heterocycles. The molecule has 0 aliphatic rings. The number of thioether (sulfide) groups is 1. The summed E-state index contributed by atoms with van der Waals surface area (Å²) in [4.78, 5) is 37.0. The summed E-state index contributed by atoms with van der Waals surface area (Å²) in [6.45, 7) is 8.18. The average Bonchev–Trinajstić information content (AvgIpc) is 3.33. The van der Waals surface area contributed by atoms with Crippen LogP contribution in [0.4, 0.5) is 5.13 Å². The Morgan fingerprint density at radius 3 is 2.58 bits per heavy atom. The van der Waals surface area contributed by atoms with E-state index in [9.17, 15) is 9.59 Å². The van der Waals surface area contributed by atoms with E-state index in [-0.39, 0.29) is 17.2 Å². The third-order valence-corrected chi connectivity index (χ3v) is 6.69. The molecule has 4 rings (SSSR count). The van der Waals surface area contributed by atoms with E-state index in [0.717, 1.165) is 11.3 Å². The van der Waals surface area contributed by atoms with Crippen molar-refractivity contribution in [1.82, 2.24) is 14.5 Å². The lowest BCUT2D eigenvalue weighted by Gasteiger charge is -2.18. The minimum atomic E-state index is -0.147. The van der Waals surface area contributed by atoms with Gasteiger partial charge in [-0.25, -0.2) is 9.97 Å². The molecule has 2 aromatic heterocycles. The van der Waals surface area contributed by atoms with Gasteiger partial charge in [-0.05, 0) is 12.1 Å². The number of para-hydroxylation sites is 1. The highest BCUT2D eigenvalue weighted by atomic mass is 32.2. The van der Waals surface area contributed by atoms with E-state index in [1.54, 1.807) is 33.8 Å². The van der Waals surface area contributed by atoms with Crippen LogP contribution in [0.3, 0.4) is 0 Å². The Hall–Kier alpha value is -3.49. The van der Waals surface area contributed by atoms with Crippen LogP contribution < -0.4 is 10.5 Å². The zero-order chi connectivity index (χ0) is 23.2. The predicted octanol–water partition coefficient (Wildman–Crippen LogP) is 5.02. The summed E-state index contributed by atoms with van der Waals surface area (Å²) in [5.74, 6) is -0.0304. The highest BCUT2D eigenvalue weighted by Gasteiger charge is 2.20. The van der Waals surface area contributed by atoms with E-state index < -0.39 is 0 Å². The zero-order valence-electron chi connectivity index (χ0n) is 17.9. The molecular weight excluding hydrogens is 452 g/mol.